The van der Waals surface area contributed by atoms with Gasteiger partial charge in [-0.1, -0.05) is 18.2 Å². The summed E-state index contributed by atoms with van der Waals surface area (Å²) in [5.74, 6) is 0. The topological polar surface area (TPSA) is 62.0 Å². The van der Waals surface area contributed by atoms with E-state index in [1.807, 2.05) is 43.5 Å². The van der Waals surface area contributed by atoms with Gasteiger partial charge in [-0.2, -0.15) is 0 Å². The van der Waals surface area contributed by atoms with E-state index >= 15 is 0 Å². The van der Waals surface area contributed by atoms with Crippen LogP contribution in [0.5, 0.6) is 0 Å². The molecule has 0 spiro atoms. The highest BCUT2D eigenvalue weighted by molar-refractivity contribution is 7.91. The molecule has 6 heteroatoms. The SMILES string of the molecule is Cc1ccc(S(=O)(=O)NCCc2c[nH]c3ccccc23)s1. The van der Waals surface area contributed by atoms with Gasteiger partial charge in [-0.3, -0.25) is 0 Å². The Hall–Kier alpha value is -1.63. The molecule has 0 bridgehead atoms. The molecule has 110 valence electrons. The number of H-pyrrole nitrogens is 1. The Morgan fingerprint density at radius 3 is 2.76 bits per heavy atom. The van der Waals surface area contributed by atoms with Crippen LogP contribution in [0.4, 0.5) is 0 Å². The molecule has 0 aliphatic heterocycles. The van der Waals surface area contributed by atoms with Gasteiger partial charge in [-0.05, 0) is 37.1 Å². The molecule has 21 heavy (non-hydrogen) atoms. The highest BCUT2D eigenvalue weighted by Crippen LogP contribution is 2.21. The minimum atomic E-state index is -3.39. The van der Waals surface area contributed by atoms with Crippen LogP contribution in [0, 0.1) is 6.92 Å². The molecular formula is C15H16N2O2S2. The van der Waals surface area contributed by atoms with Gasteiger partial charge in [0.1, 0.15) is 4.21 Å². The number of benzene rings is 1. The van der Waals surface area contributed by atoms with E-state index in [-0.39, 0.29) is 0 Å². The van der Waals surface area contributed by atoms with Crippen LogP contribution in [0.1, 0.15) is 10.4 Å². The Morgan fingerprint density at radius 2 is 2.00 bits per heavy atom. The number of aryl methyl sites for hydroxylation is 1. The third-order valence-electron chi connectivity index (χ3n) is 3.34. The normalized spacial score (nSPS) is 12.0. The summed E-state index contributed by atoms with van der Waals surface area (Å²) in [5, 5.41) is 1.14. The number of rotatable bonds is 5. The van der Waals surface area contributed by atoms with Crippen molar-refractivity contribution in [2.24, 2.45) is 0 Å². The number of fused-ring (bicyclic) bond motifs is 1. The molecule has 2 heterocycles. The van der Waals surface area contributed by atoms with Crippen LogP contribution in [0.25, 0.3) is 10.9 Å². The van der Waals surface area contributed by atoms with Crippen LogP contribution in [-0.4, -0.2) is 19.9 Å². The summed E-state index contributed by atoms with van der Waals surface area (Å²) >= 11 is 1.29. The van der Waals surface area contributed by atoms with Crippen LogP contribution < -0.4 is 4.72 Å². The summed E-state index contributed by atoms with van der Waals surface area (Å²) in [6.45, 7) is 2.29. The Balaban J connectivity index is 1.69. The molecule has 0 saturated carbocycles. The fourth-order valence-corrected chi connectivity index (χ4v) is 4.65. The number of para-hydroxylation sites is 1. The van der Waals surface area contributed by atoms with Crippen molar-refractivity contribution >= 4 is 32.3 Å². The molecule has 0 aliphatic rings. The first-order chi connectivity index (χ1) is 10.1. The maximum Gasteiger partial charge on any atom is 0.250 e. The highest BCUT2D eigenvalue weighted by atomic mass is 32.2. The standard InChI is InChI=1S/C15H16N2O2S2/c1-11-6-7-15(20-11)21(18,19)17-9-8-12-10-16-14-5-3-2-4-13(12)14/h2-7,10,16-17H,8-9H2,1H3. The van der Waals surface area contributed by atoms with Crippen molar-refractivity contribution in [1.82, 2.24) is 9.71 Å². The van der Waals surface area contributed by atoms with E-state index < -0.39 is 10.0 Å². The number of thiophene rings is 1. The summed E-state index contributed by atoms with van der Waals surface area (Å²) in [5.41, 5.74) is 2.19. The summed E-state index contributed by atoms with van der Waals surface area (Å²) < 4.78 is 27.3. The molecule has 4 nitrogen and oxygen atoms in total. The Labute approximate surface area is 127 Å². The maximum absolute atomic E-state index is 12.1. The second-order valence-electron chi connectivity index (χ2n) is 4.87. The van der Waals surface area contributed by atoms with Crippen LogP contribution >= 0.6 is 11.3 Å². The molecule has 2 N–H and O–H groups in total. The van der Waals surface area contributed by atoms with Gasteiger partial charge >= 0.3 is 0 Å². The zero-order chi connectivity index (χ0) is 14.9. The lowest BCUT2D eigenvalue weighted by Gasteiger charge is -2.04. The average molecular weight is 320 g/mol. The van der Waals surface area contributed by atoms with Gasteiger partial charge in [0, 0.05) is 28.5 Å². The molecule has 2 aromatic heterocycles. The van der Waals surface area contributed by atoms with Crippen molar-refractivity contribution in [1.29, 1.82) is 0 Å². The predicted octanol–water partition coefficient (Wildman–Crippen LogP) is 3.06. The third-order valence-corrected chi connectivity index (χ3v) is 6.30. The molecular weight excluding hydrogens is 304 g/mol. The van der Waals surface area contributed by atoms with Crippen molar-refractivity contribution < 1.29 is 8.42 Å². The summed E-state index contributed by atoms with van der Waals surface area (Å²) in [6, 6.07) is 11.5. The molecule has 1 aromatic carbocycles. The van der Waals surface area contributed by atoms with Crippen LogP contribution in [0.2, 0.25) is 0 Å². The lowest BCUT2D eigenvalue weighted by Crippen LogP contribution is -2.25. The molecule has 0 atom stereocenters. The minimum absolute atomic E-state index is 0.374. The maximum atomic E-state index is 12.1. The number of hydrogen-bond donors (Lipinski definition) is 2. The summed E-state index contributed by atoms with van der Waals surface area (Å²) in [6.07, 6.45) is 2.60. The first-order valence-corrected chi connectivity index (χ1v) is 8.97. The number of aromatic nitrogens is 1. The van der Waals surface area contributed by atoms with Crippen molar-refractivity contribution in [3.63, 3.8) is 0 Å². The molecule has 0 unspecified atom stereocenters. The lowest BCUT2D eigenvalue weighted by molar-refractivity contribution is 0.584. The average Bonchev–Trinajstić information content (AvgIpc) is 3.06. The molecule has 3 aromatic rings. The third kappa shape index (κ3) is 3.02. The van der Waals surface area contributed by atoms with E-state index in [4.69, 9.17) is 0 Å². The monoisotopic (exact) mass is 320 g/mol. The largest absolute Gasteiger partial charge is 0.361 e. The number of nitrogens with one attached hydrogen (secondary N) is 2. The van der Waals surface area contributed by atoms with E-state index in [1.54, 1.807) is 6.07 Å². The molecule has 3 rings (SSSR count). The summed E-state index contributed by atoms with van der Waals surface area (Å²) in [4.78, 5) is 4.19. The van der Waals surface area contributed by atoms with Crippen LogP contribution in [0.3, 0.4) is 0 Å². The molecule has 0 aliphatic carbocycles. The van der Waals surface area contributed by atoms with Gasteiger partial charge in [-0.25, -0.2) is 13.1 Å². The van der Waals surface area contributed by atoms with E-state index in [9.17, 15) is 8.42 Å². The second kappa shape index (κ2) is 5.63. The first-order valence-electron chi connectivity index (χ1n) is 6.67. The smallest absolute Gasteiger partial charge is 0.250 e. The first kappa shape index (κ1) is 14.3. The quantitative estimate of drug-likeness (QED) is 0.759. The Kier molecular flexibility index (Phi) is 3.84. The van der Waals surface area contributed by atoms with Gasteiger partial charge in [0.05, 0.1) is 0 Å². The van der Waals surface area contributed by atoms with Gasteiger partial charge < -0.3 is 4.98 Å². The van der Waals surface area contributed by atoms with Crippen molar-refractivity contribution in [2.75, 3.05) is 6.54 Å². The summed E-state index contributed by atoms with van der Waals surface area (Å²) in [7, 11) is -3.39. The number of aromatic amines is 1. The molecule has 0 fully saturated rings. The minimum Gasteiger partial charge on any atom is -0.361 e. The molecule has 0 amide bonds. The van der Waals surface area contributed by atoms with Crippen molar-refractivity contribution in [3.8, 4) is 0 Å². The number of sulfonamides is 1. The Bertz CT molecular complexity index is 863. The molecule has 0 saturated heterocycles. The highest BCUT2D eigenvalue weighted by Gasteiger charge is 2.15. The Morgan fingerprint density at radius 1 is 1.19 bits per heavy atom. The van der Waals surface area contributed by atoms with Gasteiger partial charge in [0.2, 0.25) is 10.0 Å². The van der Waals surface area contributed by atoms with Crippen molar-refractivity contribution in [3.05, 3.63) is 53.0 Å². The van der Waals surface area contributed by atoms with Gasteiger partial charge in [0.15, 0.2) is 0 Å². The zero-order valence-corrected chi connectivity index (χ0v) is 13.2. The van der Waals surface area contributed by atoms with Crippen molar-refractivity contribution in [2.45, 2.75) is 17.6 Å². The van der Waals surface area contributed by atoms with Gasteiger partial charge in [-0.15, -0.1) is 11.3 Å². The van der Waals surface area contributed by atoms with E-state index in [0.29, 0.717) is 17.2 Å². The number of hydrogen-bond acceptors (Lipinski definition) is 3. The van der Waals surface area contributed by atoms with Gasteiger partial charge in [0.25, 0.3) is 0 Å². The van der Waals surface area contributed by atoms with E-state index in [1.165, 1.54) is 11.3 Å². The lowest BCUT2D eigenvalue weighted by atomic mass is 10.1. The predicted molar refractivity (Wildman–Crippen MR) is 86.2 cm³/mol. The van der Waals surface area contributed by atoms with Crippen LogP contribution in [-0.2, 0) is 16.4 Å². The molecule has 0 radical (unpaired) electrons. The van der Waals surface area contributed by atoms with E-state index in [2.05, 4.69) is 9.71 Å². The fourth-order valence-electron chi connectivity index (χ4n) is 2.29. The fraction of sp³-hybridized carbons (Fsp3) is 0.200. The van der Waals surface area contributed by atoms with E-state index in [0.717, 1.165) is 21.3 Å². The second-order valence-corrected chi connectivity index (χ2v) is 8.15. The van der Waals surface area contributed by atoms with Crippen LogP contribution in [0.15, 0.2) is 46.8 Å². The zero-order valence-electron chi connectivity index (χ0n) is 11.6.